The van der Waals surface area contributed by atoms with E-state index in [0.717, 1.165) is 25.7 Å². The van der Waals surface area contributed by atoms with Crippen LogP contribution in [0.2, 0.25) is 0 Å². The molecule has 2 aromatic heterocycles. The van der Waals surface area contributed by atoms with Crippen LogP contribution in [0.5, 0.6) is 0 Å². The number of ether oxygens (including phenoxy) is 1. The Bertz CT molecular complexity index is 1100. The topological polar surface area (TPSA) is 80.5 Å². The minimum absolute atomic E-state index is 0.0508. The Labute approximate surface area is 185 Å². The van der Waals surface area contributed by atoms with Gasteiger partial charge in [-0.15, -0.1) is 0 Å². The van der Waals surface area contributed by atoms with Crippen LogP contribution in [0.15, 0.2) is 36.7 Å². The van der Waals surface area contributed by atoms with Crippen molar-refractivity contribution in [3.05, 3.63) is 48.3 Å². The molecule has 0 atom stereocenters. The number of imidazole rings is 1. The second-order valence-corrected chi connectivity index (χ2v) is 9.07. The van der Waals surface area contributed by atoms with Crippen molar-refractivity contribution in [1.29, 1.82) is 0 Å². The van der Waals surface area contributed by atoms with Gasteiger partial charge in [-0.25, -0.2) is 23.1 Å². The molecule has 0 radical (unpaired) electrons. The van der Waals surface area contributed by atoms with Crippen LogP contribution in [0.4, 0.5) is 19.3 Å². The molecule has 3 aromatic rings. The van der Waals surface area contributed by atoms with Crippen molar-refractivity contribution in [3.8, 4) is 11.3 Å². The lowest BCUT2D eigenvalue weighted by Crippen LogP contribution is -2.42. The first-order chi connectivity index (χ1) is 15.2. The maximum absolute atomic E-state index is 14.3. The fraction of sp³-hybridized carbons (Fsp3) is 0.435. The number of anilines is 1. The molecule has 4 rings (SSSR count). The third-order valence-electron chi connectivity index (χ3n) is 5.39. The third-order valence-corrected chi connectivity index (χ3v) is 5.39. The number of fused-ring (bicyclic) bond motifs is 1. The molecule has 170 valence electrons. The number of alkyl carbamates (subject to hydrolysis) is 1. The summed E-state index contributed by atoms with van der Waals surface area (Å²) in [5.74, 6) is -1.34. The summed E-state index contributed by atoms with van der Waals surface area (Å²) in [5.41, 5.74) is 0.728. The van der Waals surface area contributed by atoms with Crippen LogP contribution in [0.25, 0.3) is 16.9 Å². The van der Waals surface area contributed by atoms with E-state index >= 15 is 0 Å². The van der Waals surface area contributed by atoms with Crippen LogP contribution in [0.1, 0.15) is 46.5 Å². The number of hydrogen-bond acceptors (Lipinski definition) is 5. The molecule has 1 aliphatic rings. The molecule has 2 N–H and O–H groups in total. The van der Waals surface area contributed by atoms with Gasteiger partial charge in [-0.1, -0.05) is 6.07 Å². The molecule has 0 saturated heterocycles. The summed E-state index contributed by atoms with van der Waals surface area (Å²) in [6.07, 6.45) is 6.06. The maximum atomic E-state index is 14.3. The molecule has 0 aliphatic heterocycles. The van der Waals surface area contributed by atoms with Crippen LogP contribution in [0.3, 0.4) is 0 Å². The van der Waals surface area contributed by atoms with Crippen molar-refractivity contribution in [2.24, 2.45) is 0 Å². The highest BCUT2D eigenvalue weighted by Crippen LogP contribution is 2.30. The smallest absolute Gasteiger partial charge is 0.407 e. The molecule has 2 heterocycles. The first-order valence-corrected chi connectivity index (χ1v) is 10.7. The molecule has 0 spiro atoms. The van der Waals surface area contributed by atoms with Crippen molar-refractivity contribution in [1.82, 2.24) is 19.9 Å². The van der Waals surface area contributed by atoms with Crippen molar-refractivity contribution >= 4 is 17.4 Å². The normalized spacial score (nSPS) is 19.0. The lowest BCUT2D eigenvalue weighted by atomic mass is 9.91. The highest BCUT2D eigenvalue weighted by Gasteiger charge is 2.25. The van der Waals surface area contributed by atoms with Crippen LogP contribution in [0, 0.1) is 11.6 Å². The Balaban J connectivity index is 1.47. The Morgan fingerprint density at radius 3 is 2.44 bits per heavy atom. The molecule has 1 aromatic carbocycles. The number of amides is 1. The van der Waals surface area contributed by atoms with E-state index in [1.807, 2.05) is 20.8 Å². The summed E-state index contributed by atoms with van der Waals surface area (Å²) >= 11 is 0. The Morgan fingerprint density at radius 1 is 1.12 bits per heavy atom. The molecule has 9 heteroatoms. The average Bonchev–Trinajstić information content (AvgIpc) is 3.17. The van der Waals surface area contributed by atoms with Crippen LogP contribution < -0.4 is 10.6 Å². The predicted molar refractivity (Wildman–Crippen MR) is 117 cm³/mol. The van der Waals surface area contributed by atoms with Gasteiger partial charge in [0.15, 0.2) is 5.65 Å². The van der Waals surface area contributed by atoms with Gasteiger partial charge in [0, 0.05) is 24.5 Å². The molecule has 1 amide bonds. The van der Waals surface area contributed by atoms with E-state index in [-0.39, 0.29) is 23.3 Å². The standard InChI is InChI=1S/C23H27F2N5O2/c1-23(2,3)32-22(31)28-15-9-7-14(8-10-15)27-19-13-18(29-30-12-11-26-21(19)30)20-16(24)5-4-6-17(20)25/h4-6,11-15,27H,7-10H2,1-3H3,(H,28,31)/t14-,15-. The van der Waals surface area contributed by atoms with E-state index in [9.17, 15) is 13.6 Å². The number of carbonyl (C=O) groups excluding carboxylic acids is 1. The Morgan fingerprint density at radius 2 is 1.78 bits per heavy atom. The maximum Gasteiger partial charge on any atom is 0.407 e. The van der Waals surface area contributed by atoms with Gasteiger partial charge in [0.05, 0.1) is 16.9 Å². The van der Waals surface area contributed by atoms with Crippen molar-refractivity contribution in [3.63, 3.8) is 0 Å². The first-order valence-electron chi connectivity index (χ1n) is 10.7. The van der Waals surface area contributed by atoms with Gasteiger partial charge in [0.25, 0.3) is 0 Å². The minimum atomic E-state index is -0.670. The zero-order chi connectivity index (χ0) is 22.9. The molecule has 1 aliphatic carbocycles. The van der Waals surface area contributed by atoms with Crippen LogP contribution in [-0.2, 0) is 4.74 Å². The number of hydrogen-bond donors (Lipinski definition) is 2. The van der Waals surface area contributed by atoms with Gasteiger partial charge >= 0.3 is 6.09 Å². The van der Waals surface area contributed by atoms with E-state index in [1.54, 1.807) is 18.5 Å². The number of carbonyl (C=O) groups is 1. The lowest BCUT2D eigenvalue weighted by Gasteiger charge is -2.31. The van der Waals surface area contributed by atoms with Crippen molar-refractivity contribution in [2.75, 3.05) is 5.32 Å². The van der Waals surface area contributed by atoms with E-state index < -0.39 is 23.3 Å². The predicted octanol–water partition coefficient (Wildman–Crippen LogP) is 4.92. The molecule has 1 saturated carbocycles. The summed E-state index contributed by atoms with van der Waals surface area (Å²) in [4.78, 5) is 16.3. The highest BCUT2D eigenvalue weighted by atomic mass is 19.1. The minimum Gasteiger partial charge on any atom is -0.444 e. The number of nitrogens with zero attached hydrogens (tertiary/aromatic N) is 3. The Kier molecular flexibility index (Phi) is 5.99. The number of aromatic nitrogens is 3. The van der Waals surface area contributed by atoms with Gasteiger partial charge in [0.2, 0.25) is 0 Å². The SMILES string of the molecule is CC(C)(C)OC(=O)N[C@H]1CC[C@H](Nc2cc(-c3c(F)cccc3F)nn3ccnc23)CC1. The lowest BCUT2D eigenvalue weighted by molar-refractivity contribution is 0.0492. The number of benzene rings is 1. The number of rotatable bonds is 4. The van der Waals surface area contributed by atoms with Gasteiger partial charge < -0.3 is 15.4 Å². The summed E-state index contributed by atoms with van der Waals surface area (Å²) in [7, 11) is 0. The summed E-state index contributed by atoms with van der Waals surface area (Å²) < 4.78 is 35.5. The van der Waals surface area contributed by atoms with E-state index in [4.69, 9.17) is 4.74 Å². The molecular weight excluding hydrogens is 416 g/mol. The molecule has 32 heavy (non-hydrogen) atoms. The van der Waals surface area contributed by atoms with E-state index in [1.165, 1.54) is 22.7 Å². The van der Waals surface area contributed by atoms with E-state index in [0.29, 0.717) is 11.3 Å². The van der Waals surface area contributed by atoms with Gasteiger partial charge in [0.1, 0.15) is 17.2 Å². The van der Waals surface area contributed by atoms with Crippen LogP contribution in [-0.4, -0.2) is 38.4 Å². The average molecular weight is 443 g/mol. The fourth-order valence-electron chi connectivity index (χ4n) is 3.96. The van der Waals surface area contributed by atoms with Crippen molar-refractivity contribution in [2.45, 2.75) is 64.1 Å². The Hall–Kier alpha value is -3.23. The second-order valence-electron chi connectivity index (χ2n) is 9.07. The molecular formula is C23H27F2N5O2. The van der Waals surface area contributed by atoms with E-state index in [2.05, 4.69) is 20.7 Å². The monoisotopic (exact) mass is 443 g/mol. The summed E-state index contributed by atoms with van der Waals surface area (Å²) in [6.45, 7) is 5.50. The third kappa shape index (κ3) is 4.98. The molecule has 1 fully saturated rings. The fourth-order valence-corrected chi connectivity index (χ4v) is 3.96. The van der Waals surface area contributed by atoms with Gasteiger partial charge in [-0.05, 0) is 64.7 Å². The first kappa shape index (κ1) is 22.0. The van der Waals surface area contributed by atoms with Crippen LogP contribution >= 0.6 is 0 Å². The van der Waals surface area contributed by atoms with Gasteiger partial charge in [-0.2, -0.15) is 5.10 Å². The number of halogens is 2. The molecule has 0 bridgehead atoms. The largest absolute Gasteiger partial charge is 0.444 e. The zero-order valence-corrected chi connectivity index (χ0v) is 18.4. The molecule has 0 unspecified atom stereocenters. The van der Waals surface area contributed by atoms with Gasteiger partial charge in [-0.3, -0.25) is 0 Å². The molecule has 7 nitrogen and oxygen atoms in total. The highest BCUT2D eigenvalue weighted by molar-refractivity contribution is 5.74. The van der Waals surface area contributed by atoms with Crippen molar-refractivity contribution < 1.29 is 18.3 Å². The summed E-state index contributed by atoms with van der Waals surface area (Å²) in [5, 5.41) is 10.7. The zero-order valence-electron chi connectivity index (χ0n) is 18.4. The number of nitrogens with one attached hydrogen (secondary N) is 2. The summed E-state index contributed by atoms with van der Waals surface area (Å²) in [6, 6.07) is 5.57. The quantitative estimate of drug-likeness (QED) is 0.598. The second kappa shape index (κ2) is 8.72.